The van der Waals surface area contributed by atoms with Crippen LogP contribution in [0.5, 0.6) is 0 Å². The summed E-state index contributed by atoms with van der Waals surface area (Å²) in [6.07, 6.45) is 38.6. The molecule has 0 saturated carbocycles. The Hall–Kier alpha value is -1.41. The molecule has 0 bridgehead atoms. The zero-order valence-electron chi connectivity index (χ0n) is 46.2. The zero-order chi connectivity index (χ0) is 51.6. The van der Waals surface area contributed by atoms with E-state index in [1.54, 1.807) is 0 Å². The second kappa shape index (κ2) is 44.8. The lowest BCUT2D eigenvalue weighted by atomic mass is 9.98. The van der Waals surface area contributed by atoms with Gasteiger partial charge in [-0.15, -0.1) is 0 Å². The number of anilines is 1. The predicted octanol–water partition coefficient (Wildman–Crippen LogP) is 14.5. The molecule has 1 aromatic rings. The first-order chi connectivity index (χ1) is 34.6. The molecule has 11 heteroatoms. The second-order valence-electron chi connectivity index (χ2n) is 21.8. The molecule has 1 heterocycles. The Kier molecular flexibility index (Phi) is 41.5. The first kappa shape index (κ1) is 65.7. The van der Waals surface area contributed by atoms with Crippen molar-refractivity contribution in [1.82, 2.24) is 5.32 Å². The number of rotatable bonds is 48. The zero-order valence-corrected chi connectivity index (χ0v) is 47.0. The van der Waals surface area contributed by atoms with E-state index >= 15 is 0 Å². The Balaban J connectivity index is 1.71. The fraction of sp³-hybridized carbons (Fsp3) is 0.883. The number of hydrogen-bond donors (Lipinski definition) is 7. The van der Waals surface area contributed by atoms with Crippen LogP contribution in [0, 0.1) is 0 Å². The van der Waals surface area contributed by atoms with Crippen molar-refractivity contribution in [3.8, 4) is 0 Å². The van der Waals surface area contributed by atoms with Gasteiger partial charge in [-0.05, 0) is 55.2 Å². The predicted molar refractivity (Wildman–Crippen MR) is 301 cm³/mol. The standard InChI is InChI=1S/C60H112N2O8S/c1-5-7-9-11-13-15-17-19-20-21-22-23-24-25-26-27-28-29-30-32-34-36-38-40-46-61-52(55(64)53(63)41-39-37-35-33-31-18-16-14-12-10-8-6-2)47-68-59-58(67)57(66)56(65)54(70-59)48-69-60(71)62-51-44-42-50(43-45-51)49(3)4/h42-45,49,52-59,61,63-67H,5-41,46-48H2,1-4H3,(H,62,71)/t52-,53+,54+,55-,56-,57-,58+,59-/m0/s1. The van der Waals surface area contributed by atoms with Gasteiger partial charge in [0.1, 0.15) is 31.0 Å². The number of hydrogen-bond acceptors (Lipinski definition) is 10. The molecule has 2 rings (SSSR count). The number of aliphatic hydroxyl groups excluding tert-OH is 5. The van der Waals surface area contributed by atoms with Crippen molar-refractivity contribution in [3.05, 3.63) is 29.8 Å². The van der Waals surface area contributed by atoms with E-state index in [1.807, 2.05) is 24.3 Å². The van der Waals surface area contributed by atoms with Gasteiger partial charge in [0.25, 0.3) is 5.17 Å². The summed E-state index contributed by atoms with van der Waals surface area (Å²) in [5.41, 5.74) is 1.95. The third-order valence-electron chi connectivity index (χ3n) is 14.9. The molecule has 8 atom stereocenters. The maximum Gasteiger partial charge on any atom is 0.261 e. The Morgan fingerprint density at radius 3 is 1.35 bits per heavy atom. The van der Waals surface area contributed by atoms with E-state index in [2.05, 4.69) is 38.3 Å². The highest BCUT2D eigenvalue weighted by Gasteiger charge is 2.45. The van der Waals surface area contributed by atoms with Crippen LogP contribution in [0.15, 0.2) is 24.3 Å². The van der Waals surface area contributed by atoms with Gasteiger partial charge >= 0.3 is 0 Å². The molecule has 10 nitrogen and oxygen atoms in total. The minimum Gasteiger partial charge on any atom is -0.468 e. The molecule has 0 aromatic heterocycles. The van der Waals surface area contributed by atoms with Crippen molar-refractivity contribution >= 4 is 23.1 Å². The van der Waals surface area contributed by atoms with Crippen LogP contribution in [0.25, 0.3) is 0 Å². The third-order valence-corrected chi connectivity index (χ3v) is 15.1. The second-order valence-corrected chi connectivity index (χ2v) is 22.1. The monoisotopic (exact) mass is 1020 g/mol. The fourth-order valence-electron chi connectivity index (χ4n) is 9.94. The van der Waals surface area contributed by atoms with Crippen LogP contribution in [0.4, 0.5) is 5.69 Å². The fourth-order valence-corrected chi connectivity index (χ4v) is 10.1. The van der Waals surface area contributed by atoms with E-state index in [1.165, 1.54) is 205 Å². The van der Waals surface area contributed by atoms with Crippen molar-refractivity contribution in [3.63, 3.8) is 0 Å². The topological polar surface area (TPSA) is 153 Å². The van der Waals surface area contributed by atoms with Gasteiger partial charge in [-0.3, -0.25) is 0 Å². The van der Waals surface area contributed by atoms with Gasteiger partial charge in [0.15, 0.2) is 6.29 Å². The van der Waals surface area contributed by atoms with Gasteiger partial charge in [-0.1, -0.05) is 265 Å². The van der Waals surface area contributed by atoms with Crippen LogP contribution < -0.4 is 10.6 Å². The van der Waals surface area contributed by atoms with E-state index < -0.39 is 49.0 Å². The molecule has 0 amide bonds. The van der Waals surface area contributed by atoms with E-state index in [0.29, 0.717) is 18.9 Å². The van der Waals surface area contributed by atoms with Gasteiger partial charge in [0.05, 0.1) is 24.9 Å². The maximum absolute atomic E-state index is 11.5. The van der Waals surface area contributed by atoms with Gasteiger partial charge < -0.3 is 50.4 Å². The molecule has 0 radical (unpaired) electrons. The molecule has 0 unspecified atom stereocenters. The van der Waals surface area contributed by atoms with Crippen molar-refractivity contribution in [2.45, 2.75) is 320 Å². The van der Waals surface area contributed by atoms with E-state index in [9.17, 15) is 25.5 Å². The molecule has 1 aromatic carbocycles. The molecule has 1 aliphatic heterocycles. The Morgan fingerprint density at radius 2 is 0.944 bits per heavy atom. The minimum absolute atomic E-state index is 0.0754. The molecule has 71 heavy (non-hydrogen) atoms. The first-order valence-corrected chi connectivity index (χ1v) is 30.4. The molecule has 416 valence electrons. The molecule has 0 spiro atoms. The van der Waals surface area contributed by atoms with E-state index in [0.717, 1.165) is 37.8 Å². The Bertz CT molecular complexity index is 1340. The molecular formula is C60H112N2O8S. The molecule has 0 aliphatic carbocycles. The summed E-state index contributed by atoms with van der Waals surface area (Å²) in [4.78, 5) is 0. The number of ether oxygens (including phenoxy) is 3. The van der Waals surface area contributed by atoms with Crippen molar-refractivity contribution in [1.29, 1.82) is 0 Å². The van der Waals surface area contributed by atoms with Crippen molar-refractivity contribution in [2.75, 3.05) is 25.1 Å². The number of aliphatic hydroxyl groups is 5. The highest BCUT2D eigenvalue weighted by atomic mass is 32.1. The summed E-state index contributed by atoms with van der Waals surface area (Å²) < 4.78 is 17.7. The largest absolute Gasteiger partial charge is 0.468 e. The number of nitrogens with one attached hydrogen (secondary N) is 2. The summed E-state index contributed by atoms with van der Waals surface area (Å²) in [5, 5.41) is 61.7. The lowest BCUT2D eigenvalue weighted by Gasteiger charge is -2.40. The first-order valence-electron chi connectivity index (χ1n) is 30.0. The van der Waals surface area contributed by atoms with E-state index in [-0.39, 0.29) is 18.4 Å². The Labute approximate surface area is 441 Å². The highest BCUT2D eigenvalue weighted by Crippen LogP contribution is 2.25. The molecule has 7 N–H and O–H groups in total. The maximum atomic E-state index is 11.5. The summed E-state index contributed by atoms with van der Waals surface area (Å²) in [7, 11) is 0. The number of benzene rings is 1. The minimum atomic E-state index is -1.56. The van der Waals surface area contributed by atoms with Crippen LogP contribution in [0.3, 0.4) is 0 Å². The molecule has 1 saturated heterocycles. The van der Waals surface area contributed by atoms with Crippen LogP contribution in [0.1, 0.15) is 277 Å². The van der Waals surface area contributed by atoms with Gasteiger partial charge in [0.2, 0.25) is 0 Å². The van der Waals surface area contributed by atoms with Gasteiger partial charge in [0, 0.05) is 5.69 Å². The lowest BCUT2D eigenvalue weighted by molar-refractivity contribution is -0.302. The quantitative estimate of drug-likeness (QED) is 0.0247. The molecule has 1 aliphatic rings. The summed E-state index contributed by atoms with van der Waals surface area (Å²) in [5.74, 6) is 0.399. The average Bonchev–Trinajstić information content (AvgIpc) is 3.36. The van der Waals surface area contributed by atoms with Crippen molar-refractivity contribution < 1.29 is 39.7 Å². The smallest absolute Gasteiger partial charge is 0.261 e. The van der Waals surface area contributed by atoms with Crippen LogP contribution in [-0.4, -0.2) is 99.4 Å². The van der Waals surface area contributed by atoms with Crippen molar-refractivity contribution in [2.24, 2.45) is 0 Å². The van der Waals surface area contributed by atoms with Crippen LogP contribution >= 0.6 is 12.2 Å². The van der Waals surface area contributed by atoms with E-state index in [4.69, 9.17) is 26.4 Å². The van der Waals surface area contributed by atoms with Gasteiger partial charge in [-0.25, -0.2) is 0 Å². The summed E-state index contributed by atoms with van der Waals surface area (Å²) in [6.45, 7) is 9.17. The highest BCUT2D eigenvalue weighted by molar-refractivity contribution is 7.80. The number of unbranched alkanes of at least 4 members (excludes halogenated alkanes) is 34. The van der Waals surface area contributed by atoms with Gasteiger partial charge in [-0.2, -0.15) is 0 Å². The molecule has 1 fully saturated rings. The lowest BCUT2D eigenvalue weighted by Crippen LogP contribution is -2.60. The average molecular weight is 1020 g/mol. The van der Waals surface area contributed by atoms with Crippen LogP contribution in [0.2, 0.25) is 0 Å². The summed E-state index contributed by atoms with van der Waals surface area (Å²) >= 11 is 5.39. The Morgan fingerprint density at radius 1 is 0.549 bits per heavy atom. The SMILES string of the molecule is CCCCCCCCCCCCCCCCCCCCCCCCCCN[C@@H](CO[C@H]1O[C@H](COC(=S)Nc2ccc(C(C)C)cc2)[C@H](O)[C@H](O)[C@H]1O)[C@H](O)[C@H](O)CCCCCCCCCCCCCC. The number of thiocarbonyl (C=S) groups is 1. The molecular weight excluding hydrogens is 909 g/mol. The summed E-state index contributed by atoms with van der Waals surface area (Å²) in [6, 6.07) is 7.23. The third kappa shape index (κ3) is 33.3. The normalized spacial score (nSPS) is 19.5. The van der Waals surface area contributed by atoms with Crippen LogP contribution in [-0.2, 0) is 14.2 Å².